The molecular formula is C10H22O5S2. The maximum Gasteiger partial charge on any atom is 0.264 e. The number of hydrogen-bond donors (Lipinski definition) is 1. The SMILES string of the molecule is CCC1(C)CCCS1(=O)=O.CCCS(=O)(=O)O. The molecule has 1 rings (SSSR count). The quantitative estimate of drug-likeness (QED) is 0.797. The molecular weight excluding hydrogens is 264 g/mol. The van der Waals surface area contributed by atoms with Crippen LogP contribution < -0.4 is 0 Å². The third-order valence-electron chi connectivity index (χ3n) is 3.08. The van der Waals surface area contributed by atoms with Crippen molar-refractivity contribution in [2.45, 2.75) is 51.2 Å². The lowest BCUT2D eigenvalue weighted by Gasteiger charge is -2.19. The summed E-state index contributed by atoms with van der Waals surface area (Å²) >= 11 is 0. The third kappa shape index (κ3) is 5.35. The zero-order chi connectivity index (χ0) is 13.7. The average Bonchev–Trinajstić information content (AvgIpc) is 2.41. The Kier molecular flexibility index (Phi) is 6.10. The maximum atomic E-state index is 11.3. The van der Waals surface area contributed by atoms with Crippen molar-refractivity contribution >= 4 is 20.0 Å². The molecule has 0 amide bonds. The van der Waals surface area contributed by atoms with Gasteiger partial charge in [-0.05, 0) is 32.6 Å². The van der Waals surface area contributed by atoms with Crippen LogP contribution in [0.25, 0.3) is 0 Å². The van der Waals surface area contributed by atoms with E-state index < -0.39 is 24.7 Å². The van der Waals surface area contributed by atoms with E-state index in [0.717, 1.165) is 19.3 Å². The summed E-state index contributed by atoms with van der Waals surface area (Å²) in [4.78, 5) is 0. The number of rotatable bonds is 3. The van der Waals surface area contributed by atoms with Gasteiger partial charge >= 0.3 is 0 Å². The molecule has 1 heterocycles. The Morgan fingerprint density at radius 2 is 1.82 bits per heavy atom. The van der Waals surface area contributed by atoms with Gasteiger partial charge in [0.05, 0.1) is 16.3 Å². The highest BCUT2D eigenvalue weighted by Gasteiger charge is 2.41. The maximum absolute atomic E-state index is 11.3. The minimum atomic E-state index is -3.67. The summed E-state index contributed by atoms with van der Waals surface area (Å²) in [6.07, 6.45) is 2.94. The smallest absolute Gasteiger partial charge is 0.264 e. The van der Waals surface area contributed by atoms with E-state index in [0.29, 0.717) is 12.2 Å². The van der Waals surface area contributed by atoms with E-state index in [1.165, 1.54) is 0 Å². The first-order valence-corrected chi connectivity index (χ1v) is 9.01. The molecule has 104 valence electrons. The van der Waals surface area contributed by atoms with Gasteiger partial charge in [0, 0.05) is 0 Å². The van der Waals surface area contributed by atoms with Crippen molar-refractivity contribution in [1.29, 1.82) is 0 Å². The Hall–Kier alpha value is -0.140. The zero-order valence-corrected chi connectivity index (χ0v) is 12.3. The molecule has 0 aromatic heterocycles. The Morgan fingerprint density at radius 1 is 1.29 bits per heavy atom. The second kappa shape index (κ2) is 6.15. The molecule has 1 atom stereocenters. The lowest BCUT2D eigenvalue weighted by Crippen LogP contribution is -2.29. The van der Waals surface area contributed by atoms with E-state index in [4.69, 9.17) is 4.55 Å². The number of hydrogen-bond acceptors (Lipinski definition) is 4. The van der Waals surface area contributed by atoms with Gasteiger partial charge in [0.15, 0.2) is 9.84 Å². The highest BCUT2D eigenvalue weighted by atomic mass is 32.2. The molecule has 1 aliphatic rings. The van der Waals surface area contributed by atoms with Crippen LogP contribution in [0, 0.1) is 0 Å². The molecule has 0 bridgehead atoms. The molecule has 1 unspecified atom stereocenters. The van der Waals surface area contributed by atoms with Crippen LogP contribution in [0.1, 0.15) is 46.5 Å². The first-order valence-electron chi connectivity index (χ1n) is 5.75. The molecule has 1 N–H and O–H groups in total. The molecule has 0 spiro atoms. The van der Waals surface area contributed by atoms with Crippen molar-refractivity contribution in [2.24, 2.45) is 0 Å². The van der Waals surface area contributed by atoms with Gasteiger partial charge < -0.3 is 0 Å². The van der Waals surface area contributed by atoms with E-state index in [1.54, 1.807) is 6.92 Å². The lowest BCUT2D eigenvalue weighted by molar-refractivity contribution is 0.482. The minimum absolute atomic E-state index is 0.132. The molecule has 7 heteroatoms. The van der Waals surface area contributed by atoms with Crippen LogP contribution in [0.5, 0.6) is 0 Å². The second-order valence-corrected chi connectivity index (χ2v) is 8.71. The van der Waals surface area contributed by atoms with Crippen molar-refractivity contribution in [3.05, 3.63) is 0 Å². The third-order valence-corrected chi connectivity index (χ3v) is 6.82. The standard InChI is InChI=1S/C7H14O2S.C3H8O3S/c1-3-7(2)5-4-6-10(7,8)9;1-2-3-7(4,5)6/h3-6H2,1-2H3;2-3H2,1H3,(H,4,5,6). The van der Waals surface area contributed by atoms with Crippen LogP contribution in [-0.2, 0) is 20.0 Å². The summed E-state index contributed by atoms with van der Waals surface area (Å²) in [5.74, 6) is 0.268. The van der Waals surface area contributed by atoms with Crippen LogP contribution in [-0.4, -0.2) is 37.6 Å². The molecule has 1 saturated heterocycles. The predicted octanol–water partition coefficient (Wildman–Crippen LogP) is 1.65. The van der Waals surface area contributed by atoms with Crippen LogP contribution in [0.2, 0.25) is 0 Å². The summed E-state index contributed by atoms with van der Waals surface area (Å²) in [6, 6.07) is 0. The summed E-state index contributed by atoms with van der Waals surface area (Å²) < 4.78 is 49.8. The van der Waals surface area contributed by atoms with E-state index in [1.807, 2.05) is 13.8 Å². The summed E-state index contributed by atoms with van der Waals surface area (Å²) in [6.45, 7) is 5.49. The monoisotopic (exact) mass is 286 g/mol. The van der Waals surface area contributed by atoms with Crippen LogP contribution >= 0.6 is 0 Å². The summed E-state index contributed by atoms with van der Waals surface area (Å²) in [5, 5.41) is 0. The van der Waals surface area contributed by atoms with Gasteiger partial charge in [-0.2, -0.15) is 8.42 Å². The van der Waals surface area contributed by atoms with E-state index in [9.17, 15) is 16.8 Å². The fraction of sp³-hybridized carbons (Fsp3) is 1.00. The lowest BCUT2D eigenvalue weighted by atomic mass is 10.0. The molecule has 1 aliphatic heterocycles. The van der Waals surface area contributed by atoms with Gasteiger partial charge in [-0.15, -0.1) is 0 Å². The molecule has 0 aromatic rings. The number of sulfone groups is 1. The van der Waals surface area contributed by atoms with E-state index in [2.05, 4.69) is 0 Å². The molecule has 5 nitrogen and oxygen atoms in total. The summed E-state index contributed by atoms with van der Waals surface area (Å²) in [7, 11) is -6.41. The van der Waals surface area contributed by atoms with Gasteiger partial charge in [0.25, 0.3) is 10.1 Å². The fourth-order valence-electron chi connectivity index (χ4n) is 1.69. The highest BCUT2D eigenvalue weighted by molar-refractivity contribution is 7.93. The molecule has 0 saturated carbocycles. The molecule has 0 radical (unpaired) electrons. The van der Waals surface area contributed by atoms with Gasteiger partial charge in [-0.1, -0.05) is 13.8 Å². The van der Waals surface area contributed by atoms with Crippen molar-refractivity contribution in [3.8, 4) is 0 Å². The first kappa shape index (κ1) is 16.9. The molecule has 1 fully saturated rings. The molecule has 17 heavy (non-hydrogen) atoms. The Morgan fingerprint density at radius 3 is 1.94 bits per heavy atom. The molecule has 0 aliphatic carbocycles. The van der Waals surface area contributed by atoms with Gasteiger partial charge in [-0.25, -0.2) is 8.42 Å². The topological polar surface area (TPSA) is 88.5 Å². The zero-order valence-electron chi connectivity index (χ0n) is 10.6. The van der Waals surface area contributed by atoms with Crippen molar-refractivity contribution in [1.82, 2.24) is 0 Å². The van der Waals surface area contributed by atoms with Crippen molar-refractivity contribution in [2.75, 3.05) is 11.5 Å². The van der Waals surface area contributed by atoms with Crippen molar-refractivity contribution in [3.63, 3.8) is 0 Å². The van der Waals surface area contributed by atoms with Gasteiger partial charge in [0.2, 0.25) is 0 Å². The minimum Gasteiger partial charge on any atom is -0.286 e. The van der Waals surface area contributed by atoms with Gasteiger partial charge in [0.1, 0.15) is 0 Å². The van der Waals surface area contributed by atoms with Crippen LogP contribution in [0.3, 0.4) is 0 Å². The Balaban J connectivity index is 0.000000325. The first-order chi connectivity index (χ1) is 7.58. The normalized spacial score (nSPS) is 27.3. The predicted molar refractivity (Wildman–Crippen MR) is 68.4 cm³/mol. The van der Waals surface area contributed by atoms with E-state index >= 15 is 0 Å². The van der Waals surface area contributed by atoms with Crippen LogP contribution in [0.4, 0.5) is 0 Å². The highest BCUT2D eigenvalue weighted by Crippen LogP contribution is 2.34. The Bertz CT molecular complexity index is 424. The second-order valence-electron chi connectivity index (χ2n) is 4.51. The summed E-state index contributed by atoms with van der Waals surface area (Å²) in [5.41, 5.74) is 0. The average molecular weight is 286 g/mol. The fourth-order valence-corrected chi connectivity index (χ4v) is 4.12. The largest absolute Gasteiger partial charge is 0.286 e. The Labute approximate surface area is 104 Å². The van der Waals surface area contributed by atoms with Crippen molar-refractivity contribution < 1.29 is 21.4 Å². The van der Waals surface area contributed by atoms with E-state index in [-0.39, 0.29) is 5.75 Å². The molecule has 0 aromatic carbocycles. The van der Waals surface area contributed by atoms with Crippen LogP contribution in [0.15, 0.2) is 0 Å². The van der Waals surface area contributed by atoms with Gasteiger partial charge in [-0.3, -0.25) is 4.55 Å².